The number of rotatable bonds is 5. The normalized spacial score (nSPS) is 10.4. The maximum atomic E-state index is 13.7. The van der Waals surface area contributed by atoms with E-state index in [4.69, 9.17) is 21.1 Å². The minimum atomic E-state index is -0.755. The van der Waals surface area contributed by atoms with Crippen molar-refractivity contribution in [3.8, 4) is 11.5 Å². The van der Waals surface area contributed by atoms with Gasteiger partial charge in [-0.1, -0.05) is 12.1 Å². The van der Waals surface area contributed by atoms with Crippen molar-refractivity contribution in [2.24, 2.45) is 0 Å². The molecule has 0 saturated heterocycles. The highest BCUT2D eigenvalue weighted by Crippen LogP contribution is 2.25. The van der Waals surface area contributed by atoms with Gasteiger partial charge >= 0.3 is 0 Å². The Balaban J connectivity index is 2.10. The van der Waals surface area contributed by atoms with E-state index < -0.39 is 17.4 Å². The first-order valence-electron chi connectivity index (χ1n) is 5.93. The van der Waals surface area contributed by atoms with E-state index in [1.165, 1.54) is 12.1 Å². The van der Waals surface area contributed by atoms with E-state index in [9.17, 15) is 8.78 Å². The second-order valence-electron chi connectivity index (χ2n) is 4.16. The molecule has 0 amide bonds. The molecule has 2 aromatic rings. The lowest BCUT2D eigenvalue weighted by Crippen LogP contribution is -2.01. The number of halogens is 3. The van der Waals surface area contributed by atoms with Gasteiger partial charge in [0.2, 0.25) is 0 Å². The standard InChI is InChI=1S/C15H13ClF2O2/c1-19-12-4-2-10(3-5-12)9-20-15-13(17)6-11(8-16)7-14(15)18/h2-7H,8-9H2,1H3. The molecule has 0 N–H and O–H groups in total. The lowest BCUT2D eigenvalue weighted by atomic mass is 10.2. The lowest BCUT2D eigenvalue weighted by molar-refractivity contribution is 0.273. The van der Waals surface area contributed by atoms with E-state index >= 15 is 0 Å². The Morgan fingerprint density at radius 1 is 1.00 bits per heavy atom. The number of methoxy groups -OCH3 is 1. The van der Waals surface area contributed by atoms with Crippen LogP contribution in [0.5, 0.6) is 11.5 Å². The second kappa shape index (κ2) is 6.57. The van der Waals surface area contributed by atoms with Gasteiger partial charge < -0.3 is 9.47 Å². The number of hydrogen-bond donors (Lipinski definition) is 0. The average molecular weight is 299 g/mol. The third-order valence-electron chi connectivity index (χ3n) is 2.75. The topological polar surface area (TPSA) is 18.5 Å². The summed E-state index contributed by atoms with van der Waals surface area (Å²) in [5.74, 6) is -1.15. The van der Waals surface area contributed by atoms with Gasteiger partial charge in [-0.3, -0.25) is 0 Å². The zero-order chi connectivity index (χ0) is 14.5. The van der Waals surface area contributed by atoms with Gasteiger partial charge in [0, 0.05) is 5.88 Å². The van der Waals surface area contributed by atoms with Gasteiger partial charge in [0.1, 0.15) is 12.4 Å². The van der Waals surface area contributed by atoms with E-state index in [0.29, 0.717) is 11.3 Å². The third kappa shape index (κ3) is 3.39. The van der Waals surface area contributed by atoms with Gasteiger partial charge in [-0.25, -0.2) is 8.78 Å². The fraction of sp³-hybridized carbons (Fsp3) is 0.200. The van der Waals surface area contributed by atoms with Crippen LogP contribution < -0.4 is 9.47 Å². The van der Waals surface area contributed by atoms with Crippen molar-refractivity contribution in [2.45, 2.75) is 12.5 Å². The molecule has 0 radical (unpaired) electrons. The van der Waals surface area contributed by atoms with Crippen LogP contribution in [-0.4, -0.2) is 7.11 Å². The van der Waals surface area contributed by atoms with Crippen LogP contribution in [0.15, 0.2) is 36.4 Å². The van der Waals surface area contributed by atoms with E-state index in [1.54, 1.807) is 31.4 Å². The average Bonchev–Trinajstić information content (AvgIpc) is 2.46. The largest absolute Gasteiger partial charge is 0.497 e. The van der Waals surface area contributed by atoms with Gasteiger partial charge in [-0.15, -0.1) is 11.6 Å². The van der Waals surface area contributed by atoms with Crippen molar-refractivity contribution < 1.29 is 18.3 Å². The molecule has 0 aliphatic rings. The van der Waals surface area contributed by atoms with Crippen LogP contribution in [0.25, 0.3) is 0 Å². The third-order valence-corrected chi connectivity index (χ3v) is 3.06. The van der Waals surface area contributed by atoms with Gasteiger partial charge in [-0.2, -0.15) is 0 Å². The zero-order valence-electron chi connectivity index (χ0n) is 10.8. The van der Waals surface area contributed by atoms with Crippen LogP contribution in [0.2, 0.25) is 0 Å². The number of hydrogen-bond acceptors (Lipinski definition) is 2. The molecule has 2 aromatic carbocycles. The summed E-state index contributed by atoms with van der Waals surface area (Å²) in [7, 11) is 1.56. The van der Waals surface area contributed by atoms with E-state index in [1.807, 2.05) is 0 Å². The van der Waals surface area contributed by atoms with Gasteiger partial charge in [0.05, 0.1) is 7.11 Å². The molecule has 0 unspecified atom stereocenters. The van der Waals surface area contributed by atoms with Crippen molar-refractivity contribution in [3.63, 3.8) is 0 Å². The summed E-state index contributed by atoms with van der Waals surface area (Å²) in [5, 5.41) is 0. The second-order valence-corrected chi connectivity index (χ2v) is 4.43. The fourth-order valence-corrected chi connectivity index (χ4v) is 1.86. The summed E-state index contributed by atoms with van der Waals surface area (Å²) in [4.78, 5) is 0. The minimum Gasteiger partial charge on any atom is -0.497 e. The molecule has 0 saturated carbocycles. The fourth-order valence-electron chi connectivity index (χ4n) is 1.70. The molecule has 20 heavy (non-hydrogen) atoms. The molecule has 0 spiro atoms. The Labute approximate surface area is 120 Å². The molecule has 0 heterocycles. The molecule has 0 aliphatic heterocycles. The Morgan fingerprint density at radius 3 is 2.10 bits per heavy atom. The van der Waals surface area contributed by atoms with Crippen molar-refractivity contribution in [1.82, 2.24) is 0 Å². The maximum absolute atomic E-state index is 13.7. The highest BCUT2D eigenvalue weighted by Gasteiger charge is 2.12. The Hall–Kier alpha value is -1.81. The van der Waals surface area contributed by atoms with Gasteiger partial charge in [0.25, 0.3) is 0 Å². The number of ether oxygens (including phenoxy) is 2. The van der Waals surface area contributed by atoms with Crippen molar-refractivity contribution in [1.29, 1.82) is 0 Å². The molecular weight excluding hydrogens is 286 g/mol. The molecule has 0 bridgehead atoms. The molecule has 106 valence electrons. The summed E-state index contributed by atoms with van der Waals surface area (Å²) >= 11 is 5.54. The summed E-state index contributed by atoms with van der Waals surface area (Å²) in [6, 6.07) is 9.37. The molecular formula is C15H13ClF2O2. The van der Waals surface area contributed by atoms with Crippen molar-refractivity contribution in [3.05, 3.63) is 59.2 Å². The number of benzene rings is 2. The summed E-state index contributed by atoms with van der Waals surface area (Å²) in [6.45, 7) is 0.0675. The molecule has 5 heteroatoms. The predicted octanol–water partition coefficient (Wildman–Crippen LogP) is 4.29. The van der Waals surface area contributed by atoms with Crippen LogP contribution in [-0.2, 0) is 12.5 Å². The van der Waals surface area contributed by atoms with E-state index in [2.05, 4.69) is 0 Å². The highest BCUT2D eigenvalue weighted by atomic mass is 35.5. The lowest BCUT2D eigenvalue weighted by Gasteiger charge is -2.10. The Kier molecular flexibility index (Phi) is 4.79. The molecule has 0 aliphatic carbocycles. The minimum absolute atomic E-state index is 0.0482. The quantitative estimate of drug-likeness (QED) is 0.767. The molecule has 0 atom stereocenters. The zero-order valence-corrected chi connectivity index (χ0v) is 11.6. The Morgan fingerprint density at radius 2 is 1.60 bits per heavy atom. The van der Waals surface area contributed by atoms with E-state index in [0.717, 1.165) is 5.56 Å². The van der Waals surface area contributed by atoms with Gasteiger partial charge in [-0.05, 0) is 35.4 Å². The maximum Gasteiger partial charge on any atom is 0.191 e. The van der Waals surface area contributed by atoms with Gasteiger partial charge in [0.15, 0.2) is 17.4 Å². The monoisotopic (exact) mass is 298 g/mol. The SMILES string of the molecule is COc1ccc(COc2c(F)cc(CCl)cc2F)cc1. The van der Waals surface area contributed by atoms with Crippen LogP contribution in [0, 0.1) is 11.6 Å². The number of alkyl halides is 1. The van der Waals surface area contributed by atoms with Crippen molar-refractivity contribution in [2.75, 3.05) is 7.11 Å². The van der Waals surface area contributed by atoms with Crippen molar-refractivity contribution >= 4 is 11.6 Å². The molecule has 0 fully saturated rings. The first-order chi connectivity index (χ1) is 9.63. The van der Waals surface area contributed by atoms with Crippen LogP contribution in [0.4, 0.5) is 8.78 Å². The predicted molar refractivity (Wildman–Crippen MR) is 73.2 cm³/mol. The van der Waals surface area contributed by atoms with E-state index in [-0.39, 0.29) is 12.5 Å². The summed E-state index contributed by atoms with van der Waals surface area (Å²) < 4.78 is 37.6. The molecule has 2 nitrogen and oxygen atoms in total. The molecule has 2 rings (SSSR count). The summed E-state index contributed by atoms with van der Waals surface area (Å²) in [6.07, 6.45) is 0. The molecule has 0 aromatic heterocycles. The van der Waals surface area contributed by atoms with Crippen LogP contribution in [0.3, 0.4) is 0 Å². The summed E-state index contributed by atoms with van der Waals surface area (Å²) in [5.41, 5.74) is 1.16. The van der Waals surface area contributed by atoms with Crippen LogP contribution >= 0.6 is 11.6 Å². The first-order valence-corrected chi connectivity index (χ1v) is 6.47. The highest BCUT2D eigenvalue weighted by molar-refractivity contribution is 6.17. The Bertz CT molecular complexity index is 562. The smallest absolute Gasteiger partial charge is 0.191 e. The first kappa shape index (κ1) is 14.6. The van der Waals surface area contributed by atoms with Crippen LogP contribution in [0.1, 0.15) is 11.1 Å².